The van der Waals surface area contributed by atoms with E-state index in [9.17, 15) is 10.5 Å². The number of fused-ring (bicyclic) bond motifs is 5. The number of rotatable bonds is 4. The highest BCUT2D eigenvalue weighted by atomic mass is 14.8. The summed E-state index contributed by atoms with van der Waals surface area (Å²) in [7, 11) is 0. The van der Waals surface area contributed by atoms with E-state index in [1.807, 2.05) is 91.0 Å². The fraction of sp³-hybridized carbons (Fsp3) is 0. The maximum Gasteiger partial charge on any atom is 0.0992 e. The van der Waals surface area contributed by atoms with Crippen LogP contribution in [0.25, 0.3) is 77.6 Å². The molecule has 5 nitrogen and oxygen atoms in total. The molecular weight excluding hydrogens is 562 g/mol. The summed E-state index contributed by atoms with van der Waals surface area (Å²) in [5.74, 6) is 0. The fourth-order valence-electron chi connectivity index (χ4n) is 6.14. The van der Waals surface area contributed by atoms with Gasteiger partial charge >= 0.3 is 0 Å². The first-order chi connectivity index (χ1) is 22.7. The number of nitriles is 2. The number of hydrogen-bond donors (Lipinski definition) is 0. The minimum Gasteiger partial charge on any atom is -0.247 e. The second kappa shape index (κ2) is 11.1. The normalized spacial score (nSPS) is 11.0. The first-order valence-corrected chi connectivity index (χ1v) is 14.9. The molecule has 212 valence electrons. The van der Waals surface area contributed by atoms with E-state index in [2.05, 4.69) is 54.6 Å². The van der Waals surface area contributed by atoms with Gasteiger partial charge in [0.05, 0.1) is 56.9 Å². The summed E-state index contributed by atoms with van der Waals surface area (Å²) in [4.78, 5) is 15.8. The quantitative estimate of drug-likeness (QED) is 0.192. The molecule has 8 aromatic rings. The molecular formula is C41H23N5. The van der Waals surface area contributed by atoms with Crippen LogP contribution in [0.5, 0.6) is 0 Å². The van der Waals surface area contributed by atoms with Crippen LogP contribution in [-0.4, -0.2) is 15.0 Å². The van der Waals surface area contributed by atoms with Crippen LogP contribution < -0.4 is 0 Å². The van der Waals surface area contributed by atoms with Crippen molar-refractivity contribution in [3.63, 3.8) is 0 Å². The number of pyridine rings is 1. The van der Waals surface area contributed by atoms with Crippen LogP contribution >= 0.6 is 0 Å². The van der Waals surface area contributed by atoms with Gasteiger partial charge in [0.1, 0.15) is 0 Å². The molecule has 8 rings (SSSR count). The van der Waals surface area contributed by atoms with Gasteiger partial charge in [-0.2, -0.15) is 10.5 Å². The van der Waals surface area contributed by atoms with Crippen LogP contribution in [-0.2, 0) is 0 Å². The van der Waals surface area contributed by atoms with E-state index >= 15 is 0 Å². The largest absolute Gasteiger partial charge is 0.247 e. The minimum absolute atomic E-state index is 0.447. The lowest BCUT2D eigenvalue weighted by molar-refractivity contribution is 1.30. The summed E-state index contributed by atoms with van der Waals surface area (Å²) < 4.78 is 0. The Morgan fingerprint density at radius 2 is 0.978 bits per heavy atom. The maximum absolute atomic E-state index is 9.56. The summed E-state index contributed by atoms with van der Waals surface area (Å²) >= 11 is 0. The zero-order valence-electron chi connectivity index (χ0n) is 24.5. The van der Waals surface area contributed by atoms with Gasteiger partial charge in [-0.3, -0.25) is 0 Å². The molecule has 6 aromatic carbocycles. The molecule has 0 aliphatic rings. The van der Waals surface area contributed by atoms with E-state index < -0.39 is 0 Å². The zero-order chi connectivity index (χ0) is 31.0. The molecule has 0 saturated heterocycles. The zero-order valence-corrected chi connectivity index (χ0v) is 24.5. The highest BCUT2D eigenvalue weighted by molar-refractivity contribution is 6.21. The van der Waals surface area contributed by atoms with Crippen LogP contribution in [0, 0.1) is 22.7 Å². The standard InChI is InChI=1S/C41H23N5/c42-24-26-20-27(25-43)22-32(21-26)30-14-9-15-31(23-30)38-34-18-19-36-41(37(34)33-16-7-8-17-35(33)44-38)46-40(29-12-5-2-6-13-29)39(45-36)28-10-3-1-4-11-28/h1-23H. The summed E-state index contributed by atoms with van der Waals surface area (Å²) in [6.45, 7) is 0. The Labute approximate surface area is 265 Å². The summed E-state index contributed by atoms with van der Waals surface area (Å²) in [5, 5.41) is 22.1. The summed E-state index contributed by atoms with van der Waals surface area (Å²) in [6.07, 6.45) is 0. The average Bonchev–Trinajstić information content (AvgIpc) is 3.14. The van der Waals surface area contributed by atoms with Crippen LogP contribution in [0.2, 0.25) is 0 Å². The Hall–Kier alpha value is -6.69. The maximum atomic E-state index is 9.56. The van der Waals surface area contributed by atoms with Crippen LogP contribution in [0.15, 0.2) is 140 Å². The highest BCUT2D eigenvalue weighted by Gasteiger charge is 2.19. The van der Waals surface area contributed by atoms with Crippen LogP contribution in [0.3, 0.4) is 0 Å². The van der Waals surface area contributed by atoms with Gasteiger partial charge < -0.3 is 0 Å². The van der Waals surface area contributed by atoms with E-state index in [1.165, 1.54) is 0 Å². The third-order valence-corrected chi connectivity index (χ3v) is 8.25. The third-order valence-electron chi connectivity index (χ3n) is 8.25. The Bertz CT molecular complexity index is 2510. The second-order valence-electron chi connectivity index (χ2n) is 11.1. The summed E-state index contributed by atoms with van der Waals surface area (Å²) in [6, 6.07) is 50.3. The monoisotopic (exact) mass is 585 g/mol. The Morgan fingerprint density at radius 1 is 0.391 bits per heavy atom. The fourth-order valence-corrected chi connectivity index (χ4v) is 6.14. The van der Waals surface area contributed by atoms with Crippen molar-refractivity contribution in [2.45, 2.75) is 0 Å². The molecule has 0 N–H and O–H groups in total. The van der Waals surface area contributed by atoms with Gasteiger partial charge in [-0.25, -0.2) is 15.0 Å². The van der Waals surface area contributed by atoms with Crippen molar-refractivity contribution in [2.75, 3.05) is 0 Å². The molecule has 0 radical (unpaired) electrons. The lowest BCUT2D eigenvalue weighted by Gasteiger charge is -2.15. The lowest BCUT2D eigenvalue weighted by atomic mass is 9.95. The van der Waals surface area contributed by atoms with Gasteiger partial charge in [0, 0.05) is 32.8 Å². The highest BCUT2D eigenvalue weighted by Crippen LogP contribution is 2.39. The molecule has 0 aliphatic heterocycles. The molecule has 0 atom stereocenters. The molecule has 0 amide bonds. The summed E-state index contributed by atoms with van der Waals surface area (Å²) in [5.41, 5.74) is 10.5. The number of aromatic nitrogens is 3. The van der Waals surface area contributed by atoms with Gasteiger partial charge in [0.25, 0.3) is 0 Å². The number of para-hydroxylation sites is 1. The van der Waals surface area contributed by atoms with Crippen molar-refractivity contribution in [1.29, 1.82) is 10.5 Å². The molecule has 2 heterocycles. The third kappa shape index (κ3) is 4.61. The number of nitrogens with zero attached hydrogens (tertiary/aromatic N) is 5. The predicted molar refractivity (Wildman–Crippen MR) is 184 cm³/mol. The molecule has 0 bridgehead atoms. The van der Waals surface area contributed by atoms with Crippen molar-refractivity contribution in [2.24, 2.45) is 0 Å². The topological polar surface area (TPSA) is 86.2 Å². The first-order valence-electron chi connectivity index (χ1n) is 14.9. The molecule has 0 spiro atoms. The van der Waals surface area contributed by atoms with Gasteiger partial charge in [-0.1, -0.05) is 97.1 Å². The Morgan fingerprint density at radius 3 is 1.67 bits per heavy atom. The van der Waals surface area contributed by atoms with Crippen molar-refractivity contribution in [3.05, 3.63) is 151 Å². The molecule has 2 aromatic heterocycles. The number of benzene rings is 6. The van der Waals surface area contributed by atoms with Crippen LogP contribution in [0.1, 0.15) is 11.1 Å². The molecule has 5 heteroatoms. The van der Waals surface area contributed by atoms with Crippen molar-refractivity contribution >= 4 is 32.7 Å². The molecule has 46 heavy (non-hydrogen) atoms. The lowest BCUT2D eigenvalue weighted by Crippen LogP contribution is -1.98. The van der Waals surface area contributed by atoms with E-state index in [0.29, 0.717) is 11.1 Å². The van der Waals surface area contributed by atoms with E-state index in [-0.39, 0.29) is 0 Å². The smallest absolute Gasteiger partial charge is 0.0992 e. The van der Waals surface area contributed by atoms with Gasteiger partial charge in [0.2, 0.25) is 0 Å². The first kappa shape index (κ1) is 26.9. The van der Waals surface area contributed by atoms with E-state index in [1.54, 1.807) is 6.07 Å². The molecule has 0 aliphatic carbocycles. The van der Waals surface area contributed by atoms with Crippen molar-refractivity contribution in [1.82, 2.24) is 15.0 Å². The van der Waals surface area contributed by atoms with E-state index in [4.69, 9.17) is 15.0 Å². The van der Waals surface area contributed by atoms with Gasteiger partial charge in [-0.05, 0) is 53.6 Å². The number of hydrogen-bond acceptors (Lipinski definition) is 5. The molecule has 0 saturated carbocycles. The van der Waals surface area contributed by atoms with Gasteiger partial charge in [0.15, 0.2) is 0 Å². The SMILES string of the molecule is N#Cc1cc(C#N)cc(-c2cccc(-c3nc4ccccc4c4c3ccc3nc(-c5ccccc5)c(-c5ccccc5)nc34)c2)c1. The molecule has 0 fully saturated rings. The average molecular weight is 586 g/mol. The second-order valence-corrected chi connectivity index (χ2v) is 11.1. The van der Waals surface area contributed by atoms with Crippen molar-refractivity contribution < 1.29 is 0 Å². The van der Waals surface area contributed by atoms with Gasteiger partial charge in [-0.15, -0.1) is 0 Å². The molecule has 0 unspecified atom stereocenters. The van der Waals surface area contributed by atoms with Crippen LogP contribution in [0.4, 0.5) is 0 Å². The van der Waals surface area contributed by atoms with Crippen molar-refractivity contribution in [3.8, 4) is 57.0 Å². The predicted octanol–water partition coefficient (Wildman–Crippen LogP) is 9.74. The van der Waals surface area contributed by atoms with E-state index in [0.717, 1.165) is 77.6 Å². The Balaban J connectivity index is 1.42. The Kier molecular flexibility index (Phi) is 6.49. The minimum atomic E-state index is 0.447.